The van der Waals surface area contributed by atoms with Gasteiger partial charge in [0, 0.05) is 19.6 Å². The first-order chi connectivity index (χ1) is 11.8. The van der Waals surface area contributed by atoms with Gasteiger partial charge in [0.05, 0.1) is 11.6 Å². The summed E-state index contributed by atoms with van der Waals surface area (Å²) in [5, 5.41) is 2.64. The molecule has 10 heteroatoms. The highest BCUT2D eigenvalue weighted by atomic mass is 35.5. The third-order valence-electron chi connectivity index (χ3n) is 3.91. The Morgan fingerprint density at radius 1 is 1.46 bits per heavy atom. The Kier molecular flexibility index (Phi) is 8.04. The van der Waals surface area contributed by atoms with Crippen LogP contribution in [0, 0.1) is 11.2 Å². The topological polar surface area (TPSA) is 99.1 Å². The van der Waals surface area contributed by atoms with Crippen molar-refractivity contribution in [2.75, 3.05) is 13.7 Å². The average Bonchev–Trinajstić information content (AvgIpc) is 2.52. The molecule has 0 spiro atoms. The van der Waals surface area contributed by atoms with Gasteiger partial charge in [0.2, 0.25) is 0 Å². The second-order valence-corrected chi connectivity index (χ2v) is 8.58. The quantitative estimate of drug-likeness (QED) is 0.569. The summed E-state index contributed by atoms with van der Waals surface area (Å²) in [6, 6.07) is 3.78. The van der Waals surface area contributed by atoms with Gasteiger partial charge in [-0.3, -0.25) is 4.52 Å². The largest absolute Gasteiger partial charge is 0.469 e. The minimum Gasteiger partial charge on any atom is -0.334 e. The number of nitrogens with zero attached hydrogens (tertiary/aromatic N) is 1. The number of benzene rings is 1. The van der Waals surface area contributed by atoms with E-state index >= 15 is 0 Å². The molecule has 0 saturated heterocycles. The van der Waals surface area contributed by atoms with Crippen LogP contribution in [0.25, 0.3) is 0 Å². The second-order valence-electron chi connectivity index (χ2n) is 6.96. The summed E-state index contributed by atoms with van der Waals surface area (Å²) in [7, 11) is -2.93. The van der Waals surface area contributed by atoms with Crippen molar-refractivity contribution in [3.05, 3.63) is 34.6 Å². The predicted molar refractivity (Wildman–Crippen MR) is 97.3 cm³/mol. The molecule has 0 saturated carbocycles. The summed E-state index contributed by atoms with van der Waals surface area (Å²) in [5.41, 5.74) is -0.0857. The molecule has 148 valence electrons. The van der Waals surface area contributed by atoms with Gasteiger partial charge in [-0.25, -0.2) is 13.8 Å². The van der Waals surface area contributed by atoms with Gasteiger partial charge >= 0.3 is 13.9 Å². The van der Waals surface area contributed by atoms with E-state index in [4.69, 9.17) is 21.4 Å². The van der Waals surface area contributed by atoms with Gasteiger partial charge in [-0.15, -0.1) is 0 Å². The lowest BCUT2D eigenvalue weighted by atomic mass is 9.87. The van der Waals surface area contributed by atoms with Gasteiger partial charge < -0.3 is 20.0 Å². The highest BCUT2D eigenvalue weighted by Gasteiger charge is 2.28. The molecule has 1 aromatic rings. The molecule has 2 amide bonds. The van der Waals surface area contributed by atoms with E-state index in [1.165, 1.54) is 17.0 Å². The first-order valence-electron chi connectivity index (χ1n) is 7.96. The van der Waals surface area contributed by atoms with Crippen LogP contribution in [0.3, 0.4) is 0 Å². The van der Waals surface area contributed by atoms with E-state index in [2.05, 4.69) is 9.84 Å². The fourth-order valence-corrected chi connectivity index (χ4v) is 3.15. The van der Waals surface area contributed by atoms with E-state index < -0.39 is 19.1 Å². The molecule has 1 aromatic carbocycles. The molecule has 0 aliphatic rings. The zero-order chi connectivity index (χ0) is 20.1. The Morgan fingerprint density at radius 2 is 2.08 bits per heavy atom. The zero-order valence-corrected chi connectivity index (χ0v) is 16.9. The fraction of sp³-hybridized carbons (Fsp3) is 0.562. The van der Waals surface area contributed by atoms with Crippen LogP contribution in [-0.2, 0) is 15.6 Å². The molecule has 26 heavy (non-hydrogen) atoms. The standard InChI is InChI=1S/C16H25ClFN2O5P/c1-11(8-16(2,3)10-25-26(22,23)24)20(4)15(21)19-9-12-6-5-7-13(18)14(12)17/h5-7,11H,8-10H2,1-4H3,(H,19,21)(H2,22,23,24)/t11-/m0/s1. The third kappa shape index (κ3) is 7.60. The maximum Gasteiger partial charge on any atom is 0.469 e. The molecule has 0 aromatic heterocycles. The molecule has 0 heterocycles. The number of phosphoric ester groups is 1. The molecule has 0 fully saturated rings. The Morgan fingerprint density at radius 3 is 2.65 bits per heavy atom. The van der Waals surface area contributed by atoms with Gasteiger partial charge in [-0.05, 0) is 30.4 Å². The van der Waals surface area contributed by atoms with E-state index in [9.17, 15) is 13.8 Å². The van der Waals surface area contributed by atoms with E-state index in [1.54, 1.807) is 27.0 Å². The van der Waals surface area contributed by atoms with Crippen molar-refractivity contribution in [3.63, 3.8) is 0 Å². The summed E-state index contributed by atoms with van der Waals surface area (Å²) in [6.07, 6.45) is 0.456. The van der Waals surface area contributed by atoms with Crippen LogP contribution < -0.4 is 5.32 Å². The molecule has 3 N–H and O–H groups in total. The van der Waals surface area contributed by atoms with Crippen LogP contribution in [0.1, 0.15) is 32.8 Å². The number of hydrogen-bond donors (Lipinski definition) is 3. The van der Waals surface area contributed by atoms with Gasteiger partial charge in [-0.2, -0.15) is 0 Å². The van der Waals surface area contributed by atoms with Crippen LogP contribution in [-0.4, -0.2) is 40.4 Å². The number of carbonyl (C=O) groups excluding carboxylic acids is 1. The van der Waals surface area contributed by atoms with Crippen molar-refractivity contribution >= 4 is 25.5 Å². The number of rotatable bonds is 8. The number of halogens is 2. The van der Waals surface area contributed by atoms with Gasteiger partial charge in [0.1, 0.15) is 5.82 Å². The van der Waals surface area contributed by atoms with Gasteiger partial charge in [0.25, 0.3) is 0 Å². The maximum absolute atomic E-state index is 13.4. The molecular weight excluding hydrogens is 386 g/mol. The van der Waals surface area contributed by atoms with Crippen molar-refractivity contribution in [3.8, 4) is 0 Å². The molecule has 1 rings (SSSR count). The Bertz CT molecular complexity index is 683. The molecule has 7 nitrogen and oxygen atoms in total. The number of nitrogens with one attached hydrogen (secondary N) is 1. The third-order valence-corrected chi connectivity index (χ3v) is 4.80. The Labute approximate surface area is 157 Å². The Hall–Kier alpha value is -1.18. The van der Waals surface area contributed by atoms with Crippen molar-refractivity contribution in [2.24, 2.45) is 5.41 Å². The lowest BCUT2D eigenvalue weighted by Gasteiger charge is -2.32. The van der Waals surface area contributed by atoms with E-state index in [0.29, 0.717) is 12.0 Å². The number of carbonyl (C=O) groups is 1. The molecule has 0 unspecified atom stereocenters. The minimum absolute atomic E-state index is 0.0285. The molecule has 0 bridgehead atoms. The first kappa shape index (κ1) is 22.9. The number of amides is 2. The second kappa shape index (κ2) is 9.15. The highest BCUT2D eigenvalue weighted by molar-refractivity contribution is 7.46. The SMILES string of the molecule is C[C@@H](CC(C)(C)COP(=O)(O)O)N(C)C(=O)NCc1cccc(F)c1Cl. The summed E-state index contributed by atoms with van der Waals surface area (Å²) in [5.74, 6) is -0.549. The summed E-state index contributed by atoms with van der Waals surface area (Å²) in [6.45, 7) is 5.33. The number of urea groups is 1. The number of phosphoric acid groups is 1. The molecule has 0 radical (unpaired) electrons. The van der Waals surface area contributed by atoms with Crippen LogP contribution in [0.2, 0.25) is 5.02 Å². The monoisotopic (exact) mass is 410 g/mol. The normalized spacial score (nSPS) is 13.4. The van der Waals surface area contributed by atoms with Crippen LogP contribution in [0.5, 0.6) is 0 Å². The molecule has 1 atom stereocenters. The van der Waals surface area contributed by atoms with Crippen LogP contribution >= 0.6 is 19.4 Å². The lowest BCUT2D eigenvalue weighted by Crippen LogP contribution is -2.44. The van der Waals surface area contributed by atoms with Crippen molar-refractivity contribution in [1.29, 1.82) is 0 Å². The van der Waals surface area contributed by atoms with Crippen molar-refractivity contribution in [2.45, 2.75) is 39.8 Å². The zero-order valence-electron chi connectivity index (χ0n) is 15.2. The molecular formula is C16H25ClFN2O5P. The summed E-state index contributed by atoms with van der Waals surface area (Å²) >= 11 is 5.86. The predicted octanol–water partition coefficient (Wildman–Crippen LogP) is 3.53. The number of hydrogen-bond acceptors (Lipinski definition) is 3. The minimum atomic E-state index is -4.54. The summed E-state index contributed by atoms with van der Waals surface area (Å²) < 4.78 is 28.8. The Balaban J connectivity index is 2.58. The molecule has 0 aliphatic carbocycles. The van der Waals surface area contributed by atoms with E-state index in [0.717, 1.165) is 0 Å². The van der Waals surface area contributed by atoms with Crippen LogP contribution in [0.4, 0.5) is 9.18 Å². The highest BCUT2D eigenvalue weighted by Crippen LogP contribution is 2.39. The van der Waals surface area contributed by atoms with Crippen LogP contribution in [0.15, 0.2) is 18.2 Å². The van der Waals surface area contributed by atoms with Gasteiger partial charge in [0.15, 0.2) is 0 Å². The maximum atomic E-state index is 13.4. The van der Waals surface area contributed by atoms with Crippen molar-refractivity contribution in [1.82, 2.24) is 10.2 Å². The van der Waals surface area contributed by atoms with E-state index in [-0.39, 0.29) is 30.2 Å². The summed E-state index contributed by atoms with van der Waals surface area (Å²) in [4.78, 5) is 31.4. The van der Waals surface area contributed by atoms with Crippen molar-refractivity contribution < 1.29 is 28.1 Å². The first-order valence-corrected chi connectivity index (χ1v) is 9.87. The average molecular weight is 411 g/mol. The van der Waals surface area contributed by atoms with E-state index in [1.807, 2.05) is 6.92 Å². The molecule has 0 aliphatic heterocycles. The van der Waals surface area contributed by atoms with Gasteiger partial charge in [-0.1, -0.05) is 37.6 Å². The lowest BCUT2D eigenvalue weighted by molar-refractivity contribution is 0.101. The smallest absolute Gasteiger partial charge is 0.334 e. The fourth-order valence-electron chi connectivity index (χ4n) is 2.44.